The molecule has 0 aromatic heterocycles. The number of amides is 3. The SMILES string of the molecule is O=C(CN1C(=O)[C@H]2[C@H]3CC[C@@H](C3)[C@@H]2C1=O)Nc1cccc(O)c1. The lowest BCUT2D eigenvalue weighted by atomic mass is 9.81. The number of benzene rings is 1. The number of anilines is 1. The van der Waals surface area contributed by atoms with Crippen molar-refractivity contribution in [2.24, 2.45) is 23.7 Å². The second-order valence-corrected chi connectivity index (χ2v) is 6.75. The monoisotopic (exact) mass is 314 g/mol. The summed E-state index contributed by atoms with van der Waals surface area (Å²) in [7, 11) is 0. The number of phenolic OH excluding ortho intramolecular Hbond substituents is 1. The van der Waals surface area contributed by atoms with Crippen molar-refractivity contribution in [3.8, 4) is 5.75 Å². The largest absolute Gasteiger partial charge is 0.508 e. The van der Waals surface area contributed by atoms with Gasteiger partial charge in [0.2, 0.25) is 17.7 Å². The fourth-order valence-electron chi connectivity index (χ4n) is 4.55. The first-order chi connectivity index (χ1) is 11.0. The molecule has 0 unspecified atom stereocenters. The van der Waals surface area contributed by atoms with Crippen LogP contribution in [0.2, 0.25) is 0 Å². The van der Waals surface area contributed by atoms with Gasteiger partial charge < -0.3 is 10.4 Å². The van der Waals surface area contributed by atoms with Crippen molar-refractivity contribution >= 4 is 23.4 Å². The van der Waals surface area contributed by atoms with Crippen molar-refractivity contribution in [2.75, 3.05) is 11.9 Å². The Labute approximate surface area is 133 Å². The smallest absolute Gasteiger partial charge is 0.244 e. The average molecular weight is 314 g/mol. The zero-order valence-electron chi connectivity index (χ0n) is 12.6. The first-order valence-corrected chi connectivity index (χ1v) is 7.98. The third-order valence-corrected chi connectivity index (χ3v) is 5.45. The predicted octanol–water partition coefficient (Wildman–Crippen LogP) is 1.36. The molecule has 1 saturated heterocycles. The van der Waals surface area contributed by atoms with Crippen LogP contribution in [0.1, 0.15) is 19.3 Å². The van der Waals surface area contributed by atoms with Gasteiger partial charge in [-0.25, -0.2) is 0 Å². The van der Waals surface area contributed by atoms with Crippen molar-refractivity contribution in [1.29, 1.82) is 0 Å². The van der Waals surface area contributed by atoms with Crippen LogP contribution in [0.15, 0.2) is 24.3 Å². The van der Waals surface area contributed by atoms with E-state index in [2.05, 4.69) is 5.32 Å². The molecule has 0 radical (unpaired) electrons. The molecule has 6 nitrogen and oxygen atoms in total. The Kier molecular flexibility index (Phi) is 3.14. The first kappa shape index (κ1) is 14.2. The number of aromatic hydroxyl groups is 1. The summed E-state index contributed by atoms with van der Waals surface area (Å²) in [6, 6.07) is 6.17. The van der Waals surface area contributed by atoms with Crippen LogP contribution in [0.4, 0.5) is 5.69 Å². The Balaban J connectivity index is 1.46. The second-order valence-electron chi connectivity index (χ2n) is 6.75. The number of fused-ring (bicyclic) bond motifs is 5. The van der Waals surface area contributed by atoms with Gasteiger partial charge >= 0.3 is 0 Å². The Morgan fingerprint density at radius 1 is 1.17 bits per heavy atom. The Hall–Kier alpha value is -2.37. The van der Waals surface area contributed by atoms with Gasteiger partial charge in [-0.2, -0.15) is 0 Å². The van der Waals surface area contributed by atoms with Crippen molar-refractivity contribution < 1.29 is 19.5 Å². The third kappa shape index (κ3) is 2.20. The minimum Gasteiger partial charge on any atom is -0.508 e. The molecule has 2 bridgehead atoms. The van der Waals surface area contributed by atoms with Gasteiger partial charge in [-0.05, 0) is 43.2 Å². The minimum atomic E-state index is -0.426. The van der Waals surface area contributed by atoms with E-state index in [0.29, 0.717) is 17.5 Å². The predicted molar refractivity (Wildman–Crippen MR) is 81.3 cm³/mol. The Morgan fingerprint density at radius 2 is 1.83 bits per heavy atom. The summed E-state index contributed by atoms with van der Waals surface area (Å²) < 4.78 is 0. The molecule has 3 amide bonds. The number of rotatable bonds is 3. The highest BCUT2D eigenvalue weighted by Crippen LogP contribution is 2.56. The van der Waals surface area contributed by atoms with Gasteiger partial charge in [-0.15, -0.1) is 0 Å². The first-order valence-electron chi connectivity index (χ1n) is 7.98. The molecule has 0 spiro atoms. The zero-order chi connectivity index (χ0) is 16.1. The second kappa shape index (κ2) is 5.08. The van der Waals surface area contributed by atoms with Crippen LogP contribution in [0.5, 0.6) is 5.75 Å². The number of carbonyl (C=O) groups is 3. The average Bonchev–Trinajstić information content (AvgIpc) is 3.17. The number of nitrogens with zero attached hydrogens (tertiary/aromatic N) is 1. The highest BCUT2D eigenvalue weighted by molar-refractivity contribution is 6.09. The summed E-state index contributed by atoms with van der Waals surface area (Å²) in [5.41, 5.74) is 0.439. The van der Waals surface area contributed by atoms with E-state index in [4.69, 9.17) is 0 Å². The maximum atomic E-state index is 12.5. The summed E-state index contributed by atoms with van der Waals surface area (Å²) in [5.74, 6) is -0.505. The van der Waals surface area contributed by atoms with Crippen LogP contribution < -0.4 is 5.32 Å². The number of hydrogen-bond acceptors (Lipinski definition) is 4. The lowest BCUT2D eigenvalue weighted by Crippen LogP contribution is -2.39. The molecule has 4 atom stereocenters. The van der Waals surface area contributed by atoms with Crippen molar-refractivity contribution in [2.45, 2.75) is 19.3 Å². The van der Waals surface area contributed by atoms with E-state index in [1.807, 2.05) is 0 Å². The molecule has 23 heavy (non-hydrogen) atoms. The third-order valence-electron chi connectivity index (χ3n) is 5.45. The summed E-state index contributed by atoms with van der Waals surface area (Å²) >= 11 is 0. The van der Waals surface area contributed by atoms with Crippen LogP contribution >= 0.6 is 0 Å². The standard InChI is InChI=1S/C17H18N2O4/c20-12-3-1-2-11(7-12)18-13(21)8-19-16(22)14-9-4-5-10(6-9)15(14)17(19)23/h1-3,7,9-10,14-15,20H,4-6,8H2,(H,18,21)/t9-,10-,14-,15-/m0/s1. The van der Waals surface area contributed by atoms with E-state index in [-0.39, 0.29) is 35.9 Å². The van der Waals surface area contributed by atoms with E-state index in [1.54, 1.807) is 12.1 Å². The maximum absolute atomic E-state index is 12.5. The van der Waals surface area contributed by atoms with Crippen molar-refractivity contribution in [3.05, 3.63) is 24.3 Å². The summed E-state index contributed by atoms with van der Waals surface area (Å²) in [6.45, 7) is -0.250. The number of carbonyl (C=O) groups excluding carboxylic acids is 3. The van der Waals surface area contributed by atoms with Crippen molar-refractivity contribution in [3.63, 3.8) is 0 Å². The lowest BCUT2D eigenvalue weighted by molar-refractivity contribution is -0.143. The van der Waals surface area contributed by atoms with E-state index < -0.39 is 5.91 Å². The van der Waals surface area contributed by atoms with Gasteiger partial charge in [0.15, 0.2) is 0 Å². The molecular formula is C17H18N2O4. The fraction of sp³-hybridized carbons (Fsp3) is 0.471. The van der Waals surface area contributed by atoms with Crippen LogP contribution in [0.25, 0.3) is 0 Å². The Bertz CT molecular complexity index is 674. The molecule has 2 aliphatic carbocycles. The van der Waals surface area contributed by atoms with E-state index in [9.17, 15) is 19.5 Å². The molecule has 1 aromatic carbocycles. The summed E-state index contributed by atoms with van der Waals surface area (Å²) in [4.78, 5) is 38.3. The molecule has 2 N–H and O–H groups in total. The van der Waals surface area contributed by atoms with Gasteiger partial charge in [-0.3, -0.25) is 19.3 Å². The lowest BCUT2D eigenvalue weighted by Gasteiger charge is -2.19. The van der Waals surface area contributed by atoms with Gasteiger partial charge in [-0.1, -0.05) is 6.07 Å². The molecule has 4 rings (SSSR count). The van der Waals surface area contributed by atoms with Crippen LogP contribution in [-0.2, 0) is 14.4 Å². The molecular weight excluding hydrogens is 296 g/mol. The van der Waals surface area contributed by atoms with Crippen LogP contribution in [-0.4, -0.2) is 34.3 Å². The van der Waals surface area contributed by atoms with Crippen molar-refractivity contribution in [1.82, 2.24) is 4.90 Å². The molecule has 3 fully saturated rings. The molecule has 1 aliphatic heterocycles. The van der Waals surface area contributed by atoms with E-state index >= 15 is 0 Å². The molecule has 6 heteroatoms. The Morgan fingerprint density at radius 3 is 2.43 bits per heavy atom. The van der Waals surface area contributed by atoms with Gasteiger partial charge in [0.1, 0.15) is 12.3 Å². The minimum absolute atomic E-state index is 0.0437. The highest BCUT2D eigenvalue weighted by atomic mass is 16.3. The maximum Gasteiger partial charge on any atom is 0.244 e. The molecule has 1 aromatic rings. The topological polar surface area (TPSA) is 86.7 Å². The van der Waals surface area contributed by atoms with Gasteiger partial charge in [0, 0.05) is 11.8 Å². The number of imide groups is 1. The normalized spacial score (nSPS) is 31.6. The quantitative estimate of drug-likeness (QED) is 0.825. The van der Waals surface area contributed by atoms with Crippen LogP contribution in [0, 0.1) is 23.7 Å². The zero-order valence-corrected chi connectivity index (χ0v) is 12.6. The summed E-state index contributed by atoms with van der Waals surface area (Å²) in [5, 5.41) is 12.0. The molecule has 1 heterocycles. The van der Waals surface area contributed by atoms with E-state index in [1.165, 1.54) is 12.1 Å². The summed E-state index contributed by atoms with van der Waals surface area (Å²) in [6.07, 6.45) is 3.03. The molecule has 3 aliphatic rings. The fourth-order valence-corrected chi connectivity index (χ4v) is 4.55. The van der Waals surface area contributed by atoms with E-state index in [0.717, 1.165) is 24.2 Å². The van der Waals surface area contributed by atoms with Gasteiger partial charge in [0.25, 0.3) is 0 Å². The number of hydrogen-bond donors (Lipinski definition) is 2. The van der Waals surface area contributed by atoms with Gasteiger partial charge in [0.05, 0.1) is 11.8 Å². The number of likely N-dealkylation sites (tertiary alicyclic amines) is 1. The molecule has 2 saturated carbocycles. The number of phenols is 1. The molecule has 120 valence electrons. The van der Waals surface area contributed by atoms with Crippen LogP contribution in [0.3, 0.4) is 0 Å². The number of nitrogens with one attached hydrogen (secondary N) is 1. The highest BCUT2D eigenvalue weighted by Gasteiger charge is 2.60.